The van der Waals surface area contributed by atoms with Crippen molar-refractivity contribution >= 4 is 5.82 Å². The maximum Gasteiger partial charge on any atom is 0.144 e. The Kier molecular flexibility index (Phi) is 3.03. The van der Waals surface area contributed by atoms with E-state index in [9.17, 15) is 5.26 Å². The molecule has 1 unspecified atom stereocenters. The lowest BCUT2D eigenvalue weighted by molar-refractivity contribution is 0.185. The van der Waals surface area contributed by atoms with Crippen LogP contribution in [-0.2, 0) is 4.74 Å². The molecule has 0 aliphatic carbocycles. The lowest BCUT2D eigenvalue weighted by atomic mass is 10.0. The number of aryl methyl sites for hydroxylation is 2. The lowest BCUT2D eigenvalue weighted by Gasteiger charge is -2.25. The highest BCUT2D eigenvalue weighted by molar-refractivity contribution is 5.57. The molecule has 1 aliphatic rings. The number of anilines is 1. The molecule has 0 saturated carbocycles. The summed E-state index contributed by atoms with van der Waals surface area (Å²) in [5.41, 5.74) is 2.40. The number of rotatable bonds is 2. The number of ether oxygens (including phenoxy) is 1. The fraction of sp³-hybridized carbons (Fsp3) is 0.538. The van der Waals surface area contributed by atoms with Gasteiger partial charge in [-0.15, -0.1) is 0 Å². The normalized spacial score (nSPS) is 23.4. The summed E-state index contributed by atoms with van der Waals surface area (Å²) in [6.45, 7) is 7.39. The maximum atomic E-state index is 9.19. The Bertz CT molecular complexity index is 470. The van der Waals surface area contributed by atoms with E-state index in [4.69, 9.17) is 4.74 Å². The summed E-state index contributed by atoms with van der Waals surface area (Å²) >= 11 is 0. The fourth-order valence-corrected chi connectivity index (χ4v) is 2.12. The van der Waals surface area contributed by atoms with Crippen LogP contribution in [0.5, 0.6) is 0 Å². The number of hydrogen-bond donors (Lipinski definition) is 1. The van der Waals surface area contributed by atoms with E-state index in [0.717, 1.165) is 24.3 Å². The van der Waals surface area contributed by atoms with Crippen LogP contribution in [0.2, 0.25) is 0 Å². The molecule has 1 N–H and O–H groups in total. The summed E-state index contributed by atoms with van der Waals surface area (Å²) in [5, 5.41) is 12.5. The lowest BCUT2D eigenvalue weighted by Crippen LogP contribution is -2.35. The van der Waals surface area contributed by atoms with Crippen molar-refractivity contribution in [2.75, 3.05) is 18.5 Å². The zero-order valence-electron chi connectivity index (χ0n) is 10.5. The number of nitrogens with one attached hydrogen (secondary N) is 1. The molecule has 1 fully saturated rings. The Morgan fingerprint density at radius 3 is 2.88 bits per heavy atom. The standard InChI is InChI=1S/C13H17N3O/c1-9-6-10(2)15-12(11(9)7-14)16-13(3)4-5-17-8-13/h6H,4-5,8H2,1-3H3,(H,15,16). The molecule has 0 aromatic carbocycles. The summed E-state index contributed by atoms with van der Waals surface area (Å²) in [6, 6.07) is 4.14. The molecule has 1 aromatic heterocycles. The average Bonchev–Trinajstić information content (AvgIpc) is 2.64. The maximum absolute atomic E-state index is 9.19. The third-order valence-corrected chi connectivity index (χ3v) is 3.10. The first-order valence-electron chi connectivity index (χ1n) is 5.78. The first kappa shape index (κ1) is 11.9. The van der Waals surface area contributed by atoms with Gasteiger partial charge in [0.05, 0.1) is 17.7 Å². The molecular formula is C13H17N3O. The van der Waals surface area contributed by atoms with Crippen molar-refractivity contribution in [1.29, 1.82) is 5.26 Å². The molecular weight excluding hydrogens is 214 g/mol. The number of nitriles is 1. The molecule has 2 heterocycles. The summed E-state index contributed by atoms with van der Waals surface area (Å²) in [5.74, 6) is 0.679. The van der Waals surface area contributed by atoms with Crippen molar-refractivity contribution in [3.63, 3.8) is 0 Å². The van der Waals surface area contributed by atoms with Crippen molar-refractivity contribution in [2.45, 2.75) is 32.7 Å². The first-order valence-corrected chi connectivity index (χ1v) is 5.78. The highest BCUT2D eigenvalue weighted by Crippen LogP contribution is 2.26. The second-order valence-corrected chi connectivity index (χ2v) is 4.90. The molecule has 0 amide bonds. The van der Waals surface area contributed by atoms with Crippen LogP contribution in [0.3, 0.4) is 0 Å². The smallest absolute Gasteiger partial charge is 0.144 e. The summed E-state index contributed by atoms with van der Waals surface area (Å²) < 4.78 is 5.39. The number of pyridine rings is 1. The highest BCUT2D eigenvalue weighted by Gasteiger charge is 2.30. The topological polar surface area (TPSA) is 57.9 Å². The van der Waals surface area contributed by atoms with Gasteiger partial charge in [0.25, 0.3) is 0 Å². The van der Waals surface area contributed by atoms with Gasteiger partial charge in [-0.25, -0.2) is 4.98 Å². The molecule has 0 bridgehead atoms. The highest BCUT2D eigenvalue weighted by atomic mass is 16.5. The van der Waals surface area contributed by atoms with Crippen LogP contribution in [0.25, 0.3) is 0 Å². The van der Waals surface area contributed by atoms with Crippen molar-refractivity contribution in [2.24, 2.45) is 0 Å². The minimum atomic E-state index is -0.112. The Morgan fingerprint density at radius 2 is 2.29 bits per heavy atom. The molecule has 17 heavy (non-hydrogen) atoms. The largest absolute Gasteiger partial charge is 0.379 e. The minimum Gasteiger partial charge on any atom is -0.379 e. The van der Waals surface area contributed by atoms with Crippen LogP contribution in [0.4, 0.5) is 5.82 Å². The van der Waals surface area contributed by atoms with Gasteiger partial charge >= 0.3 is 0 Å². The number of aromatic nitrogens is 1. The number of nitrogens with zero attached hydrogens (tertiary/aromatic N) is 2. The SMILES string of the molecule is Cc1cc(C)c(C#N)c(NC2(C)CCOC2)n1. The monoisotopic (exact) mass is 231 g/mol. The quantitative estimate of drug-likeness (QED) is 0.847. The van der Waals surface area contributed by atoms with Crippen LogP contribution in [-0.4, -0.2) is 23.7 Å². The van der Waals surface area contributed by atoms with Gasteiger partial charge in [0.15, 0.2) is 0 Å². The molecule has 1 aliphatic heterocycles. The predicted octanol–water partition coefficient (Wildman–Crippen LogP) is 2.16. The van der Waals surface area contributed by atoms with E-state index >= 15 is 0 Å². The van der Waals surface area contributed by atoms with Gasteiger partial charge in [0.1, 0.15) is 11.9 Å². The summed E-state index contributed by atoms with van der Waals surface area (Å²) in [6.07, 6.45) is 0.937. The Labute approximate surface area is 102 Å². The predicted molar refractivity (Wildman–Crippen MR) is 65.9 cm³/mol. The van der Waals surface area contributed by atoms with Gasteiger partial charge in [0.2, 0.25) is 0 Å². The van der Waals surface area contributed by atoms with Gasteiger partial charge in [-0.05, 0) is 38.8 Å². The van der Waals surface area contributed by atoms with Gasteiger partial charge in [-0.2, -0.15) is 5.26 Å². The van der Waals surface area contributed by atoms with Crippen LogP contribution in [0.15, 0.2) is 6.07 Å². The zero-order chi connectivity index (χ0) is 12.5. The van der Waals surface area contributed by atoms with Gasteiger partial charge in [-0.3, -0.25) is 0 Å². The van der Waals surface area contributed by atoms with E-state index in [1.165, 1.54) is 0 Å². The molecule has 1 saturated heterocycles. The molecule has 1 atom stereocenters. The van der Waals surface area contributed by atoms with Crippen molar-refractivity contribution < 1.29 is 4.74 Å². The third kappa shape index (κ3) is 2.40. The fourth-order valence-electron chi connectivity index (χ4n) is 2.12. The minimum absolute atomic E-state index is 0.112. The molecule has 2 rings (SSSR count). The van der Waals surface area contributed by atoms with Crippen molar-refractivity contribution in [3.05, 3.63) is 22.9 Å². The van der Waals surface area contributed by atoms with Crippen LogP contribution < -0.4 is 5.32 Å². The van der Waals surface area contributed by atoms with Crippen molar-refractivity contribution in [1.82, 2.24) is 4.98 Å². The van der Waals surface area contributed by atoms with Gasteiger partial charge < -0.3 is 10.1 Å². The van der Waals surface area contributed by atoms with E-state index in [1.54, 1.807) is 0 Å². The zero-order valence-corrected chi connectivity index (χ0v) is 10.5. The van der Waals surface area contributed by atoms with Crippen LogP contribution in [0, 0.1) is 25.2 Å². The second kappa shape index (κ2) is 4.34. The molecule has 4 heteroatoms. The Balaban J connectivity index is 2.35. The van der Waals surface area contributed by atoms with E-state index in [-0.39, 0.29) is 5.54 Å². The molecule has 90 valence electrons. The van der Waals surface area contributed by atoms with Gasteiger partial charge in [0, 0.05) is 12.3 Å². The molecule has 0 radical (unpaired) electrons. The molecule has 1 aromatic rings. The van der Waals surface area contributed by atoms with Crippen LogP contribution in [0.1, 0.15) is 30.2 Å². The second-order valence-electron chi connectivity index (χ2n) is 4.90. The van der Waals surface area contributed by atoms with E-state index in [1.807, 2.05) is 19.9 Å². The molecule has 4 nitrogen and oxygen atoms in total. The first-order chi connectivity index (χ1) is 8.04. The molecule has 0 spiro atoms. The average molecular weight is 231 g/mol. The Morgan fingerprint density at radius 1 is 1.53 bits per heavy atom. The van der Waals surface area contributed by atoms with Crippen molar-refractivity contribution in [3.8, 4) is 6.07 Å². The number of hydrogen-bond acceptors (Lipinski definition) is 4. The van der Waals surface area contributed by atoms with E-state index in [2.05, 4.69) is 23.3 Å². The van der Waals surface area contributed by atoms with Gasteiger partial charge in [-0.1, -0.05) is 0 Å². The van der Waals surface area contributed by atoms with Crippen LogP contribution >= 0.6 is 0 Å². The third-order valence-electron chi connectivity index (χ3n) is 3.10. The summed E-state index contributed by atoms with van der Waals surface area (Å²) in [4.78, 5) is 4.42. The van der Waals surface area contributed by atoms with E-state index in [0.29, 0.717) is 18.0 Å². The Hall–Kier alpha value is -1.60. The van der Waals surface area contributed by atoms with E-state index < -0.39 is 0 Å². The summed E-state index contributed by atoms with van der Waals surface area (Å²) in [7, 11) is 0.